The number of rotatable bonds is 2. The Morgan fingerprint density at radius 3 is 2.82 bits per heavy atom. The maximum atomic E-state index is 12.2. The Bertz CT molecular complexity index is 774. The van der Waals surface area contributed by atoms with E-state index in [9.17, 15) is 9.59 Å². The summed E-state index contributed by atoms with van der Waals surface area (Å²) in [6.45, 7) is -0.0627. The number of benzene rings is 1. The van der Waals surface area contributed by atoms with Crippen molar-refractivity contribution in [2.24, 2.45) is 0 Å². The first-order valence-electron chi connectivity index (χ1n) is 5.96. The van der Waals surface area contributed by atoms with E-state index in [-0.39, 0.29) is 18.4 Å². The Morgan fingerprint density at radius 2 is 2.14 bits per heavy atom. The molecule has 0 saturated heterocycles. The molecular weight excluding hydrogens is 459 g/mol. The van der Waals surface area contributed by atoms with Crippen molar-refractivity contribution in [3.05, 3.63) is 36.4 Å². The van der Waals surface area contributed by atoms with Gasteiger partial charge in [-0.3, -0.25) is 9.59 Å². The van der Waals surface area contributed by atoms with Crippen LogP contribution >= 0.6 is 54.8 Å². The lowest BCUT2D eigenvalue weighted by atomic mass is 10.2. The molecule has 0 bridgehead atoms. The highest BCUT2D eigenvalue weighted by Gasteiger charge is 2.20. The fraction of sp³-hybridized carbons (Fsp3) is 0.0769. The molecule has 114 valence electrons. The SMILES string of the molecule is O=C1COc2cc(NC(=O)c3cc(Br)c(Br)s3)c(Cl)cc2N1. The number of halogens is 3. The number of carbonyl (C=O) groups excluding carboxylic acids is 2. The molecule has 0 fully saturated rings. The summed E-state index contributed by atoms with van der Waals surface area (Å²) in [5.74, 6) is -0.0560. The third-order valence-electron chi connectivity index (χ3n) is 2.82. The zero-order valence-corrected chi connectivity index (χ0v) is 15.5. The Kier molecular flexibility index (Phi) is 4.44. The molecule has 22 heavy (non-hydrogen) atoms. The first kappa shape index (κ1) is 15.8. The van der Waals surface area contributed by atoms with Crippen molar-refractivity contribution in [1.82, 2.24) is 0 Å². The number of carbonyl (C=O) groups is 2. The molecular formula is C13H7Br2ClN2O3S. The summed E-state index contributed by atoms with van der Waals surface area (Å²) < 4.78 is 6.95. The van der Waals surface area contributed by atoms with Crippen LogP contribution in [0.2, 0.25) is 5.02 Å². The second-order valence-corrected chi connectivity index (χ2v) is 7.98. The zero-order valence-electron chi connectivity index (χ0n) is 10.7. The van der Waals surface area contributed by atoms with E-state index in [1.54, 1.807) is 18.2 Å². The van der Waals surface area contributed by atoms with Gasteiger partial charge >= 0.3 is 0 Å². The summed E-state index contributed by atoms with van der Waals surface area (Å²) >= 11 is 14.1. The quantitative estimate of drug-likeness (QED) is 0.685. The average Bonchev–Trinajstić information content (AvgIpc) is 2.80. The van der Waals surface area contributed by atoms with Crippen LogP contribution in [0, 0.1) is 0 Å². The fourth-order valence-electron chi connectivity index (χ4n) is 1.84. The zero-order chi connectivity index (χ0) is 15.9. The van der Waals surface area contributed by atoms with E-state index < -0.39 is 0 Å². The van der Waals surface area contributed by atoms with E-state index in [2.05, 4.69) is 42.5 Å². The van der Waals surface area contributed by atoms with E-state index in [1.807, 2.05) is 0 Å². The second-order valence-electron chi connectivity index (χ2n) is 4.35. The van der Waals surface area contributed by atoms with Crippen LogP contribution in [0.25, 0.3) is 0 Å². The lowest BCUT2D eigenvalue weighted by molar-refractivity contribution is -0.118. The first-order valence-corrected chi connectivity index (χ1v) is 8.74. The molecule has 1 aliphatic rings. The third kappa shape index (κ3) is 3.15. The molecule has 5 nitrogen and oxygen atoms in total. The third-order valence-corrected chi connectivity index (χ3v) is 6.39. The standard InChI is InChI=1S/C13H7Br2ClN2O3S/c14-5-1-10(22-12(5)15)13(20)18-7-3-9-8(2-6(7)16)17-11(19)4-21-9/h1-3H,4H2,(H,17,19)(H,18,20). The van der Waals surface area contributed by atoms with E-state index in [0.717, 1.165) is 8.26 Å². The maximum absolute atomic E-state index is 12.2. The van der Waals surface area contributed by atoms with Gasteiger partial charge in [-0.05, 0) is 44.0 Å². The molecule has 2 heterocycles. The predicted molar refractivity (Wildman–Crippen MR) is 93.2 cm³/mol. The van der Waals surface area contributed by atoms with Gasteiger partial charge in [-0.1, -0.05) is 11.6 Å². The van der Waals surface area contributed by atoms with Gasteiger partial charge in [0, 0.05) is 10.5 Å². The van der Waals surface area contributed by atoms with Gasteiger partial charge < -0.3 is 15.4 Å². The molecule has 0 atom stereocenters. The molecule has 2 aromatic rings. The van der Waals surface area contributed by atoms with Crippen LogP contribution in [0.15, 0.2) is 26.5 Å². The molecule has 2 N–H and O–H groups in total. The van der Waals surface area contributed by atoms with Gasteiger partial charge in [-0.25, -0.2) is 0 Å². The highest BCUT2D eigenvalue weighted by molar-refractivity contribution is 9.13. The van der Waals surface area contributed by atoms with Gasteiger partial charge in [-0.15, -0.1) is 11.3 Å². The van der Waals surface area contributed by atoms with E-state index in [0.29, 0.717) is 27.0 Å². The van der Waals surface area contributed by atoms with Crippen LogP contribution in [-0.4, -0.2) is 18.4 Å². The Morgan fingerprint density at radius 1 is 1.36 bits per heavy atom. The Balaban J connectivity index is 1.86. The molecule has 0 aliphatic carbocycles. The molecule has 0 saturated carbocycles. The Hall–Kier alpha value is -1.09. The van der Waals surface area contributed by atoms with Crippen LogP contribution in [0.3, 0.4) is 0 Å². The van der Waals surface area contributed by atoms with Crippen molar-refractivity contribution in [2.45, 2.75) is 0 Å². The van der Waals surface area contributed by atoms with Crippen LogP contribution in [0.4, 0.5) is 11.4 Å². The van der Waals surface area contributed by atoms with E-state index >= 15 is 0 Å². The summed E-state index contributed by atoms with van der Waals surface area (Å²) in [6, 6.07) is 4.85. The van der Waals surface area contributed by atoms with Crippen LogP contribution < -0.4 is 15.4 Å². The van der Waals surface area contributed by atoms with E-state index in [1.165, 1.54) is 11.3 Å². The number of fused-ring (bicyclic) bond motifs is 1. The van der Waals surface area contributed by atoms with Gasteiger partial charge in [0.05, 0.1) is 25.1 Å². The van der Waals surface area contributed by atoms with Gasteiger partial charge in [-0.2, -0.15) is 0 Å². The van der Waals surface area contributed by atoms with Gasteiger partial charge in [0.15, 0.2) is 6.61 Å². The average molecular weight is 467 g/mol. The summed E-state index contributed by atoms with van der Waals surface area (Å²) in [6.07, 6.45) is 0. The summed E-state index contributed by atoms with van der Waals surface area (Å²) in [7, 11) is 0. The van der Waals surface area contributed by atoms with Crippen molar-refractivity contribution in [3.8, 4) is 5.75 Å². The second kappa shape index (κ2) is 6.19. The van der Waals surface area contributed by atoms with Crippen molar-refractivity contribution in [2.75, 3.05) is 17.2 Å². The predicted octanol–water partition coefficient (Wildman–Crippen LogP) is 4.51. The Labute approximate surface area is 151 Å². The number of nitrogens with one attached hydrogen (secondary N) is 2. The van der Waals surface area contributed by atoms with Crippen molar-refractivity contribution in [1.29, 1.82) is 0 Å². The molecule has 0 unspecified atom stereocenters. The van der Waals surface area contributed by atoms with Gasteiger partial charge in [0.1, 0.15) is 5.75 Å². The molecule has 9 heteroatoms. The topological polar surface area (TPSA) is 67.4 Å². The molecule has 1 aromatic carbocycles. The number of ether oxygens (including phenoxy) is 1. The normalized spacial score (nSPS) is 13.1. The highest BCUT2D eigenvalue weighted by Crippen LogP contribution is 2.37. The molecule has 2 amide bonds. The minimum absolute atomic E-state index is 0.0627. The lowest BCUT2D eigenvalue weighted by Crippen LogP contribution is -2.25. The number of hydrogen-bond donors (Lipinski definition) is 2. The number of hydrogen-bond acceptors (Lipinski definition) is 4. The fourth-order valence-corrected chi connectivity index (χ4v) is 3.98. The lowest BCUT2D eigenvalue weighted by Gasteiger charge is -2.19. The molecule has 1 aliphatic heterocycles. The molecule has 0 spiro atoms. The van der Waals surface area contributed by atoms with E-state index in [4.69, 9.17) is 16.3 Å². The smallest absolute Gasteiger partial charge is 0.265 e. The molecule has 0 radical (unpaired) electrons. The van der Waals surface area contributed by atoms with Crippen molar-refractivity contribution in [3.63, 3.8) is 0 Å². The van der Waals surface area contributed by atoms with Crippen LogP contribution in [0.1, 0.15) is 9.67 Å². The molecule has 1 aromatic heterocycles. The summed E-state index contributed by atoms with van der Waals surface area (Å²) in [4.78, 5) is 24.0. The largest absolute Gasteiger partial charge is 0.482 e. The minimum atomic E-state index is -0.280. The monoisotopic (exact) mass is 464 g/mol. The van der Waals surface area contributed by atoms with Gasteiger partial charge in [0.2, 0.25) is 0 Å². The first-order chi connectivity index (χ1) is 10.4. The number of amides is 2. The number of thiophene rings is 1. The summed E-state index contributed by atoms with van der Waals surface area (Å²) in [5.41, 5.74) is 0.906. The van der Waals surface area contributed by atoms with Gasteiger partial charge in [0.25, 0.3) is 11.8 Å². The van der Waals surface area contributed by atoms with Crippen LogP contribution in [0.5, 0.6) is 5.75 Å². The molecule has 3 rings (SSSR count). The minimum Gasteiger partial charge on any atom is -0.482 e. The van der Waals surface area contributed by atoms with Crippen molar-refractivity contribution >= 4 is 78.0 Å². The maximum Gasteiger partial charge on any atom is 0.265 e. The highest BCUT2D eigenvalue weighted by atomic mass is 79.9. The van der Waals surface area contributed by atoms with Crippen LogP contribution in [-0.2, 0) is 4.79 Å². The number of anilines is 2. The summed E-state index contributed by atoms with van der Waals surface area (Å²) in [5, 5.41) is 5.70. The van der Waals surface area contributed by atoms with Crippen molar-refractivity contribution < 1.29 is 14.3 Å².